The van der Waals surface area contributed by atoms with Gasteiger partial charge in [-0.25, -0.2) is 9.71 Å². The van der Waals surface area contributed by atoms with E-state index in [-0.39, 0.29) is 15.9 Å². The van der Waals surface area contributed by atoms with Crippen LogP contribution >= 0.6 is 0 Å². The topological polar surface area (TPSA) is 154 Å². The maximum absolute atomic E-state index is 11.4. The second kappa shape index (κ2) is 4.52. The third-order valence-electron chi connectivity index (χ3n) is 3.29. The van der Waals surface area contributed by atoms with E-state index in [2.05, 4.69) is 9.97 Å². The highest BCUT2D eigenvalue weighted by atomic mass is 16.6. The summed E-state index contributed by atoms with van der Waals surface area (Å²) in [5.74, 6) is 0. The molecular weight excluding hydrogens is 270 g/mol. The molecular formula is C10H13N5O5. The van der Waals surface area contributed by atoms with Gasteiger partial charge >= 0.3 is 0 Å². The van der Waals surface area contributed by atoms with E-state index in [9.17, 15) is 15.4 Å². The van der Waals surface area contributed by atoms with E-state index in [0.717, 1.165) is 0 Å². The van der Waals surface area contributed by atoms with Gasteiger partial charge in [-0.05, 0) is 0 Å². The Bertz CT molecular complexity index is 745. The van der Waals surface area contributed by atoms with E-state index in [1.165, 1.54) is 10.9 Å². The van der Waals surface area contributed by atoms with Gasteiger partial charge in [0.05, 0.1) is 6.61 Å². The lowest BCUT2D eigenvalue weighted by Crippen LogP contribution is -2.45. The minimum absolute atomic E-state index is 0.00117. The van der Waals surface area contributed by atoms with E-state index in [4.69, 9.17) is 16.6 Å². The first-order valence-corrected chi connectivity index (χ1v) is 5.81. The highest BCUT2D eigenvalue weighted by Gasteiger charge is 2.44. The molecule has 0 spiro atoms. The van der Waals surface area contributed by atoms with Gasteiger partial charge in [0.25, 0.3) is 5.49 Å². The molecule has 4 atom stereocenters. The maximum atomic E-state index is 11.4. The molecule has 10 heteroatoms. The Labute approximate surface area is 113 Å². The van der Waals surface area contributed by atoms with Crippen molar-refractivity contribution in [1.29, 1.82) is 5.41 Å². The molecule has 0 radical (unpaired) electrons. The molecule has 1 aliphatic heterocycles. The standard InChI is InChI=1S/C10H13N5O5/c11-8-5-9(13-3-15(8)19)14(2-12-5)10-7(18)6(17)4(1-16)20-10/h2-4,6-7,10-11,13,16-18H,1H2/t4-,6-,7-,10-/m1/s1/i3D. The summed E-state index contributed by atoms with van der Waals surface area (Å²) < 4.78 is 14.1. The number of aliphatic hydroxyl groups is 3. The highest BCUT2D eigenvalue weighted by molar-refractivity contribution is 5.67. The van der Waals surface area contributed by atoms with Crippen molar-refractivity contribution >= 4 is 11.2 Å². The monoisotopic (exact) mass is 284 g/mol. The SMILES string of the molecule is [2H]c1[nH]c2c(ncn2[C@@H]2O[C@H](CO)[C@@H](O)[C@H]2O)c(=N)[n+]1[O-]. The highest BCUT2D eigenvalue weighted by Crippen LogP contribution is 2.30. The van der Waals surface area contributed by atoms with Crippen molar-refractivity contribution in [2.45, 2.75) is 24.5 Å². The van der Waals surface area contributed by atoms with Crippen LogP contribution in [0.5, 0.6) is 0 Å². The van der Waals surface area contributed by atoms with Gasteiger partial charge in [0.2, 0.25) is 5.65 Å². The van der Waals surface area contributed by atoms with E-state index < -0.39 is 42.9 Å². The predicted molar refractivity (Wildman–Crippen MR) is 61.9 cm³/mol. The molecule has 2 aromatic rings. The zero-order valence-corrected chi connectivity index (χ0v) is 10.1. The molecule has 10 nitrogen and oxygen atoms in total. The molecule has 3 rings (SSSR count). The fourth-order valence-corrected chi connectivity index (χ4v) is 2.22. The molecule has 0 saturated carbocycles. The molecule has 0 bridgehead atoms. The molecule has 1 aliphatic rings. The van der Waals surface area contributed by atoms with Gasteiger partial charge in [0.15, 0.2) is 18.0 Å². The van der Waals surface area contributed by atoms with E-state index in [1.807, 2.05) is 0 Å². The Morgan fingerprint density at radius 3 is 3.00 bits per heavy atom. The Kier molecular flexibility index (Phi) is 2.67. The summed E-state index contributed by atoms with van der Waals surface area (Å²) in [6, 6.07) is 0. The van der Waals surface area contributed by atoms with Crippen molar-refractivity contribution in [3.8, 4) is 0 Å². The molecule has 0 unspecified atom stereocenters. The second-order valence-corrected chi connectivity index (χ2v) is 4.46. The number of nitrogens with one attached hydrogen (secondary N) is 2. The average molecular weight is 284 g/mol. The molecule has 2 aromatic heterocycles. The van der Waals surface area contributed by atoms with Crippen LogP contribution in [-0.2, 0) is 4.74 Å². The van der Waals surface area contributed by atoms with Crippen LogP contribution in [0.25, 0.3) is 11.2 Å². The molecule has 20 heavy (non-hydrogen) atoms. The third-order valence-corrected chi connectivity index (χ3v) is 3.29. The van der Waals surface area contributed by atoms with Crippen LogP contribution in [0.1, 0.15) is 7.60 Å². The lowest BCUT2D eigenvalue weighted by Gasteiger charge is -2.16. The number of hydrogen-bond acceptors (Lipinski definition) is 7. The predicted octanol–water partition coefficient (Wildman–Crippen LogP) is -2.91. The minimum Gasteiger partial charge on any atom is -0.740 e. The number of aromatic amines is 1. The van der Waals surface area contributed by atoms with Crippen LogP contribution in [0.4, 0.5) is 0 Å². The van der Waals surface area contributed by atoms with Crippen LogP contribution < -0.4 is 10.2 Å². The summed E-state index contributed by atoms with van der Waals surface area (Å²) in [6.07, 6.45) is -3.96. The first-order valence-electron chi connectivity index (χ1n) is 6.31. The molecule has 108 valence electrons. The first-order chi connectivity index (χ1) is 9.95. The van der Waals surface area contributed by atoms with Crippen molar-refractivity contribution < 1.29 is 26.2 Å². The number of hydrogen-bond donors (Lipinski definition) is 5. The average Bonchev–Trinajstić information content (AvgIpc) is 2.99. The van der Waals surface area contributed by atoms with Gasteiger partial charge in [-0.15, -0.1) is 0 Å². The summed E-state index contributed by atoms with van der Waals surface area (Å²) in [7, 11) is 0. The number of H-pyrrole nitrogens is 1. The van der Waals surface area contributed by atoms with Crippen LogP contribution in [0.3, 0.4) is 0 Å². The van der Waals surface area contributed by atoms with Gasteiger partial charge < -0.3 is 25.3 Å². The third kappa shape index (κ3) is 1.70. The lowest BCUT2D eigenvalue weighted by atomic mass is 10.1. The fraction of sp³-hybridized carbons (Fsp3) is 0.500. The van der Waals surface area contributed by atoms with Crippen LogP contribution in [0, 0.1) is 10.6 Å². The first kappa shape index (κ1) is 11.8. The fourth-order valence-electron chi connectivity index (χ4n) is 2.22. The summed E-state index contributed by atoms with van der Waals surface area (Å²) in [5.41, 5.74) is -0.384. The van der Waals surface area contributed by atoms with Gasteiger partial charge in [-0.3, -0.25) is 9.55 Å². The number of nitrogens with zero attached hydrogens (tertiary/aromatic N) is 3. The Hall–Kier alpha value is -2.01. The normalized spacial score (nSPS) is 30.9. The van der Waals surface area contributed by atoms with Crippen molar-refractivity contribution in [2.75, 3.05) is 6.61 Å². The molecule has 1 saturated heterocycles. The Morgan fingerprint density at radius 2 is 2.35 bits per heavy atom. The molecule has 0 amide bonds. The number of imidazole rings is 1. The van der Waals surface area contributed by atoms with E-state index >= 15 is 0 Å². The van der Waals surface area contributed by atoms with Crippen LogP contribution in [0.15, 0.2) is 12.6 Å². The molecule has 5 N–H and O–H groups in total. The van der Waals surface area contributed by atoms with Gasteiger partial charge in [0.1, 0.15) is 26.0 Å². The molecule has 0 aromatic carbocycles. The number of aliphatic hydroxyl groups excluding tert-OH is 3. The van der Waals surface area contributed by atoms with Gasteiger partial charge in [0, 0.05) is 0 Å². The molecule has 0 aliphatic carbocycles. The summed E-state index contributed by atoms with van der Waals surface area (Å²) in [4.78, 5) is 6.33. The second-order valence-electron chi connectivity index (χ2n) is 4.46. The van der Waals surface area contributed by atoms with Crippen molar-refractivity contribution in [1.82, 2.24) is 14.5 Å². The summed E-state index contributed by atoms with van der Waals surface area (Å²) in [6.45, 7) is -0.473. The quantitative estimate of drug-likeness (QED) is 0.294. The summed E-state index contributed by atoms with van der Waals surface area (Å²) in [5, 5.41) is 47.8. The minimum atomic E-state index is -1.32. The van der Waals surface area contributed by atoms with Gasteiger partial charge in [-0.1, -0.05) is 0 Å². The summed E-state index contributed by atoms with van der Waals surface area (Å²) >= 11 is 0. The molecule has 1 fully saturated rings. The smallest absolute Gasteiger partial charge is 0.286 e. The van der Waals surface area contributed by atoms with E-state index in [1.54, 1.807) is 0 Å². The maximum Gasteiger partial charge on any atom is 0.286 e. The number of rotatable bonds is 2. The van der Waals surface area contributed by atoms with Crippen molar-refractivity contribution in [3.63, 3.8) is 0 Å². The number of ether oxygens (including phenoxy) is 1. The van der Waals surface area contributed by atoms with Crippen LogP contribution in [0.2, 0.25) is 0 Å². The Morgan fingerprint density at radius 1 is 1.60 bits per heavy atom. The number of fused-ring (bicyclic) bond motifs is 1. The zero-order chi connectivity index (χ0) is 15.3. The van der Waals surface area contributed by atoms with Crippen molar-refractivity contribution in [3.05, 3.63) is 23.3 Å². The number of aromatic nitrogens is 4. The van der Waals surface area contributed by atoms with Crippen molar-refractivity contribution in [2.24, 2.45) is 0 Å². The Balaban J connectivity index is 2.12. The molecule has 3 heterocycles. The van der Waals surface area contributed by atoms with Gasteiger partial charge in [-0.2, -0.15) is 5.41 Å². The lowest BCUT2D eigenvalue weighted by molar-refractivity contribution is -0.625. The zero-order valence-electron chi connectivity index (χ0n) is 11.1. The largest absolute Gasteiger partial charge is 0.740 e. The van der Waals surface area contributed by atoms with E-state index in [0.29, 0.717) is 0 Å². The van der Waals surface area contributed by atoms with Crippen LogP contribution in [-0.4, -0.2) is 54.8 Å².